The molecule has 3 rings (SSSR count). The summed E-state index contributed by atoms with van der Waals surface area (Å²) in [5.41, 5.74) is 4.64. The van der Waals surface area contributed by atoms with Crippen LogP contribution in [0.4, 0.5) is 5.95 Å². The zero-order valence-corrected chi connectivity index (χ0v) is 17.4. The van der Waals surface area contributed by atoms with E-state index in [1.54, 1.807) is 31.4 Å². The number of aryl methyl sites for hydroxylation is 2. The fourth-order valence-corrected chi connectivity index (χ4v) is 2.85. The van der Waals surface area contributed by atoms with Crippen molar-refractivity contribution >= 4 is 39.7 Å². The van der Waals surface area contributed by atoms with Crippen molar-refractivity contribution in [3.8, 4) is 5.75 Å². The Morgan fingerprint density at radius 2 is 1.85 bits per heavy atom. The Kier molecular flexibility index (Phi) is 6.98. The first-order valence-corrected chi connectivity index (χ1v) is 8.53. The van der Waals surface area contributed by atoms with E-state index < -0.39 is 0 Å². The van der Waals surface area contributed by atoms with Gasteiger partial charge in [0.25, 0.3) is 0 Å². The average molecular weight is 434 g/mol. The molecule has 0 radical (unpaired) electrons. The largest absolute Gasteiger partial charge is 0.497 e. The predicted molar refractivity (Wildman–Crippen MR) is 112 cm³/mol. The van der Waals surface area contributed by atoms with Crippen molar-refractivity contribution in [3.05, 3.63) is 53.1 Å². The molecule has 1 heterocycles. The van der Waals surface area contributed by atoms with Gasteiger partial charge in [0.15, 0.2) is 5.78 Å². The van der Waals surface area contributed by atoms with Gasteiger partial charge in [-0.3, -0.25) is 4.79 Å². The number of hydrogen-bond donors (Lipinski definition) is 2. The summed E-state index contributed by atoms with van der Waals surface area (Å²) in [5.74, 6) is 1.28. The molecule has 0 spiro atoms. The first kappa shape index (κ1) is 20.9. The lowest BCUT2D eigenvalue weighted by atomic mass is 10.1. The quantitative estimate of drug-likeness (QED) is 0.557. The van der Waals surface area contributed by atoms with Gasteiger partial charge in [-0.2, -0.15) is 0 Å². The Labute approximate surface area is 168 Å². The molecule has 0 unspecified atom stereocenters. The monoisotopic (exact) mass is 433 g/mol. The summed E-state index contributed by atoms with van der Waals surface area (Å²) in [6.07, 6.45) is 0. The zero-order chi connectivity index (χ0) is 18.7. The minimum Gasteiger partial charge on any atom is -0.497 e. The van der Waals surface area contributed by atoms with Crippen LogP contribution in [0.2, 0.25) is 0 Å². The predicted octanol–water partition coefficient (Wildman–Crippen LogP) is 3.53. The van der Waals surface area contributed by atoms with E-state index in [-0.39, 0.29) is 35.9 Å². The standard InChI is InChI=1S/C20H23N3O3.BrH/c1-13-10-17-18(11-14(13)2)23(20(22-17)21-8-9-24)12-19(25)15-4-6-16(26-3)7-5-15;/h4-7,10-11,24H,8-9,12H2,1-3H3,(H,21,22);1H. The number of halogens is 1. The molecule has 0 amide bonds. The van der Waals surface area contributed by atoms with Crippen molar-refractivity contribution in [2.75, 3.05) is 25.6 Å². The lowest BCUT2D eigenvalue weighted by Crippen LogP contribution is -2.16. The van der Waals surface area contributed by atoms with E-state index >= 15 is 0 Å². The molecule has 144 valence electrons. The van der Waals surface area contributed by atoms with Crippen LogP contribution in [0.3, 0.4) is 0 Å². The van der Waals surface area contributed by atoms with Gasteiger partial charge in [-0.05, 0) is 61.4 Å². The normalized spacial score (nSPS) is 10.5. The number of carbonyl (C=O) groups excluding carboxylic acids is 1. The van der Waals surface area contributed by atoms with Crippen molar-refractivity contribution in [1.82, 2.24) is 9.55 Å². The van der Waals surface area contributed by atoms with Gasteiger partial charge >= 0.3 is 0 Å². The fraction of sp³-hybridized carbons (Fsp3) is 0.300. The highest BCUT2D eigenvalue weighted by Crippen LogP contribution is 2.24. The molecule has 2 N–H and O–H groups in total. The summed E-state index contributed by atoms with van der Waals surface area (Å²) in [4.78, 5) is 17.4. The lowest BCUT2D eigenvalue weighted by Gasteiger charge is -2.10. The van der Waals surface area contributed by atoms with Gasteiger partial charge in [0, 0.05) is 12.1 Å². The van der Waals surface area contributed by atoms with Crippen molar-refractivity contribution in [2.45, 2.75) is 20.4 Å². The first-order chi connectivity index (χ1) is 12.5. The summed E-state index contributed by atoms with van der Waals surface area (Å²) in [7, 11) is 1.60. The number of aromatic nitrogens is 2. The second-order valence-electron chi connectivity index (χ2n) is 6.25. The van der Waals surface area contributed by atoms with Crippen LogP contribution in [0.5, 0.6) is 5.75 Å². The molecule has 27 heavy (non-hydrogen) atoms. The maximum absolute atomic E-state index is 12.8. The van der Waals surface area contributed by atoms with Crippen LogP contribution in [-0.2, 0) is 6.54 Å². The van der Waals surface area contributed by atoms with Gasteiger partial charge in [-0.15, -0.1) is 17.0 Å². The smallest absolute Gasteiger partial charge is 0.204 e. The highest BCUT2D eigenvalue weighted by molar-refractivity contribution is 8.93. The van der Waals surface area contributed by atoms with Gasteiger partial charge in [-0.1, -0.05) is 0 Å². The summed E-state index contributed by atoms with van der Waals surface area (Å²) in [5, 5.41) is 12.2. The number of aliphatic hydroxyl groups is 1. The number of methoxy groups -OCH3 is 1. The minimum atomic E-state index is -0.0165. The van der Waals surface area contributed by atoms with E-state index in [0.29, 0.717) is 23.8 Å². The molecule has 0 aliphatic rings. The molecule has 1 aromatic heterocycles. The Bertz CT molecular complexity index is 936. The summed E-state index contributed by atoms with van der Waals surface area (Å²) in [6.45, 7) is 4.61. The SMILES string of the molecule is Br.COc1ccc(C(=O)Cn2c(NCCO)nc3cc(C)c(C)cc32)cc1. The third-order valence-corrected chi connectivity index (χ3v) is 4.47. The molecule has 0 aliphatic heterocycles. The van der Waals surface area contributed by atoms with E-state index in [1.807, 2.05) is 30.5 Å². The zero-order valence-electron chi connectivity index (χ0n) is 15.7. The third kappa shape index (κ3) is 4.48. The molecule has 0 atom stereocenters. The number of fused-ring (bicyclic) bond motifs is 1. The number of imidazole rings is 1. The molecule has 2 aromatic carbocycles. The van der Waals surface area contributed by atoms with Crippen molar-refractivity contribution in [3.63, 3.8) is 0 Å². The maximum atomic E-state index is 12.8. The Balaban J connectivity index is 0.00000261. The molecule has 0 saturated carbocycles. The number of ketones is 1. The highest BCUT2D eigenvalue weighted by atomic mass is 79.9. The molecular weight excluding hydrogens is 410 g/mol. The van der Waals surface area contributed by atoms with Crippen LogP contribution in [0, 0.1) is 13.8 Å². The van der Waals surface area contributed by atoms with E-state index in [2.05, 4.69) is 10.3 Å². The average Bonchev–Trinajstić information content (AvgIpc) is 2.97. The van der Waals surface area contributed by atoms with Gasteiger partial charge in [0.05, 0.1) is 31.3 Å². The summed E-state index contributed by atoms with van der Waals surface area (Å²) < 4.78 is 7.01. The number of nitrogens with one attached hydrogen (secondary N) is 1. The van der Waals surface area contributed by atoms with Crippen LogP contribution >= 0.6 is 17.0 Å². The molecule has 7 heteroatoms. The topological polar surface area (TPSA) is 76.4 Å². The van der Waals surface area contributed by atoms with E-state index in [4.69, 9.17) is 9.84 Å². The molecule has 0 fully saturated rings. The molecule has 0 saturated heterocycles. The van der Waals surface area contributed by atoms with Gasteiger partial charge in [-0.25, -0.2) is 4.98 Å². The number of benzene rings is 2. The Morgan fingerprint density at radius 1 is 1.19 bits per heavy atom. The van der Waals surface area contributed by atoms with E-state index in [9.17, 15) is 4.79 Å². The number of aliphatic hydroxyl groups excluding tert-OH is 1. The minimum absolute atomic E-state index is 0. The molecule has 3 aromatic rings. The number of nitrogens with zero attached hydrogens (tertiary/aromatic N) is 2. The van der Waals surface area contributed by atoms with Crippen LogP contribution in [0.1, 0.15) is 21.5 Å². The second-order valence-corrected chi connectivity index (χ2v) is 6.25. The van der Waals surface area contributed by atoms with Crippen LogP contribution in [0.15, 0.2) is 36.4 Å². The number of carbonyl (C=O) groups is 1. The molecule has 0 aliphatic carbocycles. The van der Waals surface area contributed by atoms with Crippen LogP contribution < -0.4 is 10.1 Å². The molecule has 0 bridgehead atoms. The van der Waals surface area contributed by atoms with Crippen LogP contribution in [-0.4, -0.2) is 40.7 Å². The second kappa shape index (κ2) is 9.01. The number of ether oxygens (including phenoxy) is 1. The summed E-state index contributed by atoms with van der Waals surface area (Å²) >= 11 is 0. The Morgan fingerprint density at radius 3 is 2.48 bits per heavy atom. The van der Waals surface area contributed by atoms with Gasteiger partial charge in [0.1, 0.15) is 5.75 Å². The van der Waals surface area contributed by atoms with Crippen molar-refractivity contribution in [1.29, 1.82) is 0 Å². The Hall–Kier alpha value is -2.38. The summed E-state index contributed by atoms with van der Waals surface area (Å²) in [6, 6.07) is 11.1. The molecular formula is C20H24BrN3O3. The van der Waals surface area contributed by atoms with Gasteiger partial charge < -0.3 is 19.7 Å². The maximum Gasteiger partial charge on any atom is 0.204 e. The highest BCUT2D eigenvalue weighted by Gasteiger charge is 2.16. The first-order valence-electron chi connectivity index (χ1n) is 8.53. The number of hydrogen-bond acceptors (Lipinski definition) is 5. The molecule has 6 nitrogen and oxygen atoms in total. The lowest BCUT2D eigenvalue weighted by molar-refractivity contribution is 0.0974. The third-order valence-electron chi connectivity index (χ3n) is 4.47. The van der Waals surface area contributed by atoms with Crippen molar-refractivity contribution in [2.24, 2.45) is 0 Å². The number of rotatable bonds is 7. The number of anilines is 1. The van der Waals surface area contributed by atoms with Gasteiger partial charge in [0.2, 0.25) is 5.95 Å². The van der Waals surface area contributed by atoms with Crippen molar-refractivity contribution < 1.29 is 14.6 Å². The van der Waals surface area contributed by atoms with E-state index in [0.717, 1.165) is 22.2 Å². The van der Waals surface area contributed by atoms with Crippen LogP contribution in [0.25, 0.3) is 11.0 Å². The number of Topliss-reactive ketones (excluding diaryl/α,β-unsaturated/α-hetero) is 1. The van der Waals surface area contributed by atoms with E-state index in [1.165, 1.54) is 0 Å². The fourth-order valence-electron chi connectivity index (χ4n) is 2.85.